The van der Waals surface area contributed by atoms with Crippen LogP contribution in [0.25, 0.3) is 0 Å². The molecule has 0 saturated carbocycles. The van der Waals surface area contributed by atoms with Crippen molar-refractivity contribution in [2.75, 3.05) is 32.8 Å². The molecule has 1 N–H and O–H groups in total. The molecule has 5 nitrogen and oxygen atoms in total. The number of aliphatic hydroxyl groups is 1. The molecule has 1 fully saturated rings. The molecule has 1 heterocycles. The second-order valence-electron chi connectivity index (χ2n) is 4.93. The minimum absolute atomic E-state index is 0.168. The molecule has 1 rings (SSSR count). The van der Waals surface area contributed by atoms with Crippen LogP contribution in [0.5, 0.6) is 0 Å². The Balaban J connectivity index is 2.66. The average Bonchev–Trinajstić information content (AvgIpc) is 2.38. The van der Waals surface area contributed by atoms with E-state index in [4.69, 9.17) is 5.11 Å². The first-order valence-electron chi connectivity index (χ1n) is 6.92. The van der Waals surface area contributed by atoms with Crippen LogP contribution in [-0.2, 0) is 10.2 Å². The highest BCUT2D eigenvalue weighted by atomic mass is 32.2. The summed E-state index contributed by atoms with van der Waals surface area (Å²) >= 11 is 0. The Labute approximate surface area is 111 Å². The van der Waals surface area contributed by atoms with Gasteiger partial charge in [-0.3, -0.25) is 0 Å². The average molecular weight is 278 g/mol. The molecule has 0 aromatic carbocycles. The smallest absolute Gasteiger partial charge is 0.281 e. The zero-order chi connectivity index (χ0) is 13.6. The second-order valence-corrected chi connectivity index (χ2v) is 6.86. The Kier molecular flexibility index (Phi) is 6.55. The van der Waals surface area contributed by atoms with Crippen LogP contribution in [0.15, 0.2) is 0 Å². The zero-order valence-corrected chi connectivity index (χ0v) is 12.3. The van der Waals surface area contributed by atoms with E-state index in [1.807, 2.05) is 13.8 Å². The molecule has 18 heavy (non-hydrogen) atoms. The van der Waals surface area contributed by atoms with E-state index in [1.54, 1.807) is 8.61 Å². The van der Waals surface area contributed by atoms with Gasteiger partial charge in [0.1, 0.15) is 0 Å². The van der Waals surface area contributed by atoms with Gasteiger partial charge in [-0.05, 0) is 31.6 Å². The highest BCUT2D eigenvalue weighted by Gasteiger charge is 2.31. The molecule has 1 saturated heterocycles. The molecule has 0 unspecified atom stereocenters. The van der Waals surface area contributed by atoms with Crippen molar-refractivity contribution in [1.29, 1.82) is 0 Å². The Bertz CT molecular complexity index is 318. The summed E-state index contributed by atoms with van der Waals surface area (Å²) in [6.07, 6.45) is 3.21. The summed E-state index contributed by atoms with van der Waals surface area (Å²) in [5, 5.41) is 9.08. The van der Waals surface area contributed by atoms with E-state index < -0.39 is 10.2 Å². The fourth-order valence-electron chi connectivity index (χ4n) is 2.33. The van der Waals surface area contributed by atoms with Gasteiger partial charge in [0.05, 0.1) is 0 Å². The van der Waals surface area contributed by atoms with Gasteiger partial charge in [-0.1, -0.05) is 13.8 Å². The molecule has 0 spiro atoms. The fraction of sp³-hybridized carbons (Fsp3) is 1.00. The molecule has 0 aromatic rings. The van der Waals surface area contributed by atoms with Crippen molar-refractivity contribution in [3.8, 4) is 0 Å². The summed E-state index contributed by atoms with van der Waals surface area (Å²) in [5.41, 5.74) is 0. The van der Waals surface area contributed by atoms with Gasteiger partial charge < -0.3 is 5.11 Å². The summed E-state index contributed by atoms with van der Waals surface area (Å²) in [6.45, 7) is 6.43. The van der Waals surface area contributed by atoms with Gasteiger partial charge in [0, 0.05) is 32.8 Å². The first-order chi connectivity index (χ1) is 8.56. The largest absolute Gasteiger partial charge is 0.396 e. The number of piperidine rings is 1. The third-order valence-electron chi connectivity index (χ3n) is 3.43. The molecular formula is C12H26N2O3S. The van der Waals surface area contributed by atoms with E-state index in [1.165, 1.54) is 0 Å². The molecular weight excluding hydrogens is 252 g/mol. The van der Waals surface area contributed by atoms with Crippen molar-refractivity contribution in [2.45, 2.75) is 39.5 Å². The van der Waals surface area contributed by atoms with Crippen molar-refractivity contribution >= 4 is 10.2 Å². The van der Waals surface area contributed by atoms with Gasteiger partial charge in [-0.2, -0.15) is 17.0 Å². The number of nitrogens with zero attached hydrogens (tertiary/aromatic N) is 2. The monoisotopic (exact) mass is 278 g/mol. The van der Waals surface area contributed by atoms with Gasteiger partial charge in [0.2, 0.25) is 0 Å². The molecule has 1 aliphatic heterocycles. The molecule has 1 aliphatic rings. The van der Waals surface area contributed by atoms with Crippen molar-refractivity contribution in [3.05, 3.63) is 0 Å². The minimum Gasteiger partial charge on any atom is -0.396 e. The normalized spacial score (nSPS) is 19.6. The lowest BCUT2D eigenvalue weighted by Crippen LogP contribution is -2.47. The summed E-state index contributed by atoms with van der Waals surface area (Å²) in [6, 6.07) is 0. The molecule has 0 aromatic heterocycles. The summed E-state index contributed by atoms with van der Waals surface area (Å²) in [5.74, 6) is 0.266. The van der Waals surface area contributed by atoms with E-state index in [-0.39, 0.29) is 12.5 Å². The maximum absolute atomic E-state index is 12.4. The molecule has 0 amide bonds. The Morgan fingerprint density at radius 3 is 2.06 bits per heavy atom. The highest BCUT2D eigenvalue weighted by Crippen LogP contribution is 2.21. The lowest BCUT2D eigenvalue weighted by atomic mass is 10.00. The van der Waals surface area contributed by atoms with Crippen molar-refractivity contribution in [3.63, 3.8) is 0 Å². The summed E-state index contributed by atoms with van der Waals surface area (Å²) < 4.78 is 28.1. The first-order valence-corrected chi connectivity index (χ1v) is 8.32. The summed E-state index contributed by atoms with van der Waals surface area (Å²) in [4.78, 5) is 0. The van der Waals surface area contributed by atoms with Crippen LogP contribution in [-0.4, -0.2) is 54.9 Å². The fourth-order valence-corrected chi connectivity index (χ4v) is 4.15. The third-order valence-corrected chi connectivity index (χ3v) is 5.47. The van der Waals surface area contributed by atoms with Gasteiger partial charge in [0.25, 0.3) is 10.2 Å². The molecule has 0 bridgehead atoms. The molecule has 0 aliphatic carbocycles. The SMILES string of the molecule is CCCN(CCC)S(=O)(=O)N1CCC(CO)CC1. The predicted molar refractivity (Wildman–Crippen MR) is 72.5 cm³/mol. The van der Waals surface area contributed by atoms with E-state index in [9.17, 15) is 8.42 Å². The van der Waals surface area contributed by atoms with Crippen LogP contribution in [0.3, 0.4) is 0 Å². The van der Waals surface area contributed by atoms with Crippen LogP contribution in [0.2, 0.25) is 0 Å². The van der Waals surface area contributed by atoms with Crippen LogP contribution in [0, 0.1) is 5.92 Å². The van der Waals surface area contributed by atoms with Gasteiger partial charge in [-0.15, -0.1) is 0 Å². The lowest BCUT2D eigenvalue weighted by molar-refractivity contribution is 0.166. The first kappa shape index (κ1) is 15.9. The topological polar surface area (TPSA) is 60.9 Å². The predicted octanol–water partition coefficient (Wildman–Crippen LogP) is 1.06. The second kappa shape index (κ2) is 7.43. The van der Waals surface area contributed by atoms with Crippen molar-refractivity contribution in [1.82, 2.24) is 8.61 Å². The minimum atomic E-state index is -3.30. The molecule has 0 radical (unpaired) electrons. The maximum Gasteiger partial charge on any atom is 0.281 e. The molecule has 108 valence electrons. The van der Waals surface area contributed by atoms with Crippen molar-refractivity contribution in [2.24, 2.45) is 5.92 Å². The van der Waals surface area contributed by atoms with E-state index in [0.29, 0.717) is 26.2 Å². The standard InChI is InChI=1S/C12H26N2O3S/c1-3-7-13(8-4-2)18(16,17)14-9-5-12(11-15)6-10-14/h12,15H,3-11H2,1-2H3. The quantitative estimate of drug-likeness (QED) is 0.757. The Morgan fingerprint density at radius 1 is 1.17 bits per heavy atom. The number of hydrogen-bond donors (Lipinski definition) is 1. The van der Waals surface area contributed by atoms with Crippen LogP contribution in [0.4, 0.5) is 0 Å². The Hall–Kier alpha value is -0.170. The van der Waals surface area contributed by atoms with Gasteiger partial charge in [0.15, 0.2) is 0 Å². The third kappa shape index (κ3) is 3.91. The van der Waals surface area contributed by atoms with Crippen LogP contribution >= 0.6 is 0 Å². The molecule has 0 atom stereocenters. The van der Waals surface area contributed by atoms with Crippen molar-refractivity contribution < 1.29 is 13.5 Å². The number of hydrogen-bond acceptors (Lipinski definition) is 3. The van der Waals surface area contributed by atoms with Gasteiger partial charge in [-0.25, -0.2) is 0 Å². The lowest BCUT2D eigenvalue weighted by Gasteiger charge is -2.34. The zero-order valence-electron chi connectivity index (χ0n) is 11.5. The van der Waals surface area contributed by atoms with Crippen LogP contribution in [0.1, 0.15) is 39.5 Å². The van der Waals surface area contributed by atoms with Gasteiger partial charge >= 0.3 is 0 Å². The van der Waals surface area contributed by atoms with E-state index >= 15 is 0 Å². The number of aliphatic hydroxyl groups excluding tert-OH is 1. The maximum atomic E-state index is 12.4. The van der Waals surface area contributed by atoms with E-state index in [0.717, 1.165) is 25.7 Å². The van der Waals surface area contributed by atoms with E-state index in [2.05, 4.69) is 0 Å². The molecule has 6 heteroatoms. The highest BCUT2D eigenvalue weighted by molar-refractivity contribution is 7.86. The Morgan fingerprint density at radius 2 is 1.67 bits per heavy atom. The number of rotatable bonds is 7. The summed E-state index contributed by atoms with van der Waals surface area (Å²) in [7, 11) is -3.30. The van der Waals surface area contributed by atoms with Crippen LogP contribution < -0.4 is 0 Å².